The topological polar surface area (TPSA) is 18.5 Å². The minimum atomic E-state index is -1.88. The van der Waals surface area contributed by atoms with Crippen LogP contribution in [0.15, 0.2) is 48.5 Å². The molecule has 2 nitrogen and oxygen atoms in total. The molecule has 1 heterocycles. The zero-order chi connectivity index (χ0) is 19.0. The van der Waals surface area contributed by atoms with Gasteiger partial charge in [-0.2, -0.15) is 0 Å². The second-order valence-electron chi connectivity index (χ2n) is 8.34. The summed E-state index contributed by atoms with van der Waals surface area (Å²) in [6, 6.07) is 15.2. The highest BCUT2D eigenvalue weighted by Crippen LogP contribution is 2.44. The highest BCUT2D eigenvalue weighted by atomic mass is 19.1. The van der Waals surface area contributed by atoms with Crippen LogP contribution in [0.3, 0.4) is 0 Å². The molecule has 0 unspecified atom stereocenters. The van der Waals surface area contributed by atoms with Crippen molar-refractivity contribution in [1.29, 1.82) is 0 Å². The van der Waals surface area contributed by atoms with E-state index in [1.807, 2.05) is 76.2 Å². The summed E-state index contributed by atoms with van der Waals surface area (Å²) in [5.74, 6) is -0.233. The number of unbranched alkanes of at least 4 members (excludes halogenated alkanes) is 1. The third-order valence-electron chi connectivity index (χ3n) is 5.94. The van der Waals surface area contributed by atoms with E-state index in [0.29, 0.717) is 17.3 Å². The molecule has 1 saturated heterocycles. The van der Waals surface area contributed by atoms with Crippen LogP contribution in [-0.2, 0) is 9.31 Å². The van der Waals surface area contributed by atoms with E-state index in [0.717, 1.165) is 18.4 Å². The first-order valence-electron chi connectivity index (χ1n) is 9.63. The van der Waals surface area contributed by atoms with Crippen LogP contribution >= 0.6 is 0 Å². The normalized spacial score (nSPS) is 20.2. The number of benzene rings is 2. The molecule has 0 amide bonds. The summed E-state index contributed by atoms with van der Waals surface area (Å²) in [4.78, 5) is 0. The van der Waals surface area contributed by atoms with Gasteiger partial charge >= 0.3 is 0 Å². The van der Waals surface area contributed by atoms with Gasteiger partial charge in [0.2, 0.25) is 0 Å². The molecule has 1 aliphatic rings. The first-order chi connectivity index (χ1) is 12.2. The number of halogens is 1. The van der Waals surface area contributed by atoms with Gasteiger partial charge in [0.05, 0.1) is 0 Å². The highest BCUT2D eigenvalue weighted by Gasteiger charge is 2.52. The SMILES string of the molecule is CCCC[B-]1(c2cccc(-c3ccccc3)c2F)OC(C)(C)C(C)(C)O1. The molecule has 0 spiro atoms. The molecular weight excluding hydrogens is 326 g/mol. The van der Waals surface area contributed by atoms with Gasteiger partial charge in [0.25, 0.3) is 6.55 Å². The lowest BCUT2D eigenvalue weighted by Crippen LogP contribution is -2.53. The summed E-state index contributed by atoms with van der Waals surface area (Å²) in [6.07, 6.45) is 2.64. The van der Waals surface area contributed by atoms with Crippen LogP contribution in [0.1, 0.15) is 47.5 Å². The van der Waals surface area contributed by atoms with Gasteiger partial charge in [-0.3, -0.25) is 0 Å². The van der Waals surface area contributed by atoms with Gasteiger partial charge in [0, 0.05) is 16.8 Å². The molecule has 0 aliphatic carbocycles. The summed E-state index contributed by atoms with van der Waals surface area (Å²) < 4.78 is 28.7. The van der Waals surface area contributed by atoms with Gasteiger partial charge in [-0.1, -0.05) is 68.3 Å². The molecule has 26 heavy (non-hydrogen) atoms. The maximum absolute atomic E-state index is 15.6. The van der Waals surface area contributed by atoms with Crippen molar-refractivity contribution in [3.63, 3.8) is 0 Å². The molecule has 0 atom stereocenters. The van der Waals surface area contributed by atoms with E-state index in [4.69, 9.17) is 9.31 Å². The van der Waals surface area contributed by atoms with E-state index < -0.39 is 17.8 Å². The Morgan fingerprint density at radius 1 is 0.885 bits per heavy atom. The standard InChI is InChI=1S/C22H29BFO2/c1-6-7-16-23(25-21(2,3)22(4,5)26-23)19-15-11-14-18(20(19)24)17-12-9-8-10-13-17/h8-15H,6-7,16H2,1-5H3/q-1. The molecule has 0 aromatic heterocycles. The van der Waals surface area contributed by atoms with Crippen molar-refractivity contribution >= 4 is 12.0 Å². The van der Waals surface area contributed by atoms with E-state index in [2.05, 4.69) is 6.92 Å². The van der Waals surface area contributed by atoms with Crippen LogP contribution in [0.4, 0.5) is 4.39 Å². The first-order valence-corrected chi connectivity index (χ1v) is 9.63. The van der Waals surface area contributed by atoms with Crippen LogP contribution in [0.5, 0.6) is 0 Å². The lowest BCUT2D eigenvalue weighted by atomic mass is 9.48. The summed E-state index contributed by atoms with van der Waals surface area (Å²) in [5.41, 5.74) is 1.03. The molecule has 0 N–H and O–H groups in total. The fourth-order valence-electron chi connectivity index (χ4n) is 3.86. The summed E-state index contributed by atoms with van der Waals surface area (Å²) in [5, 5.41) is 0. The Morgan fingerprint density at radius 2 is 1.50 bits per heavy atom. The lowest BCUT2D eigenvalue weighted by Gasteiger charge is -2.38. The predicted octanol–water partition coefficient (Wildman–Crippen LogP) is 5.55. The molecule has 2 aromatic rings. The smallest absolute Gasteiger partial charge is 0.273 e. The van der Waals surface area contributed by atoms with Crippen molar-refractivity contribution in [3.05, 3.63) is 54.3 Å². The Labute approximate surface area is 156 Å². The van der Waals surface area contributed by atoms with Crippen molar-refractivity contribution in [2.75, 3.05) is 0 Å². The predicted molar refractivity (Wildman–Crippen MR) is 107 cm³/mol. The average Bonchev–Trinajstić information content (AvgIpc) is 2.79. The maximum atomic E-state index is 15.6. The minimum Gasteiger partial charge on any atom is -0.558 e. The van der Waals surface area contributed by atoms with E-state index in [9.17, 15) is 0 Å². The third kappa shape index (κ3) is 3.21. The minimum absolute atomic E-state index is 0.233. The van der Waals surface area contributed by atoms with E-state index in [1.54, 1.807) is 0 Å². The largest absolute Gasteiger partial charge is 0.558 e. The molecule has 0 bridgehead atoms. The second-order valence-corrected chi connectivity index (χ2v) is 8.34. The molecule has 0 radical (unpaired) electrons. The molecule has 140 valence electrons. The molecule has 1 aliphatic heterocycles. The highest BCUT2D eigenvalue weighted by molar-refractivity contribution is 6.81. The summed E-state index contributed by atoms with van der Waals surface area (Å²) in [7, 11) is 0. The molecule has 0 saturated carbocycles. The van der Waals surface area contributed by atoms with Gasteiger partial charge in [-0.05, 0) is 33.3 Å². The fraction of sp³-hybridized carbons (Fsp3) is 0.455. The molecule has 2 aromatic carbocycles. The fourth-order valence-corrected chi connectivity index (χ4v) is 3.86. The summed E-state index contributed by atoms with van der Waals surface area (Å²) in [6.45, 7) is 8.37. The van der Waals surface area contributed by atoms with Gasteiger partial charge < -0.3 is 9.31 Å². The van der Waals surface area contributed by atoms with Crippen molar-refractivity contribution in [2.45, 2.75) is 65.0 Å². The van der Waals surface area contributed by atoms with Gasteiger partial charge in [-0.25, -0.2) is 4.39 Å². The van der Waals surface area contributed by atoms with Crippen molar-refractivity contribution < 1.29 is 13.7 Å². The van der Waals surface area contributed by atoms with Gasteiger partial charge in [-0.15, -0.1) is 11.8 Å². The van der Waals surface area contributed by atoms with Crippen molar-refractivity contribution in [3.8, 4) is 11.1 Å². The first kappa shape index (κ1) is 19.1. The average molecular weight is 355 g/mol. The Morgan fingerprint density at radius 3 is 2.08 bits per heavy atom. The Hall–Kier alpha value is -1.65. The van der Waals surface area contributed by atoms with E-state index in [1.165, 1.54) is 0 Å². The lowest BCUT2D eigenvalue weighted by molar-refractivity contribution is 0.00578. The van der Waals surface area contributed by atoms with Crippen LogP contribution in [0.2, 0.25) is 6.32 Å². The van der Waals surface area contributed by atoms with E-state index in [-0.39, 0.29) is 5.82 Å². The van der Waals surface area contributed by atoms with Crippen molar-refractivity contribution in [1.82, 2.24) is 0 Å². The zero-order valence-corrected chi connectivity index (χ0v) is 16.5. The molecule has 4 heteroatoms. The molecule has 3 rings (SSSR count). The number of rotatable bonds is 5. The van der Waals surface area contributed by atoms with Crippen LogP contribution < -0.4 is 5.46 Å². The Balaban J connectivity index is 2.12. The quantitative estimate of drug-likeness (QED) is 0.655. The van der Waals surface area contributed by atoms with Crippen molar-refractivity contribution in [2.24, 2.45) is 0 Å². The maximum Gasteiger partial charge on any atom is 0.273 e. The Bertz CT molecular complexity index is 755. The number of hydrogen-bond acceptors (Lipinski definition) is 2. The summed E-state index contributed by atoms with van der Waals surface area (Å²) >= 11 is 0. The van der Waals surface area contributed by atoms with Crippen LogP contribution in [0, 0.1) is 5.82 Å². The second kappa shape index (κ2) is 6.82. The molecule has 1 fully saturated rings. The van der Waals surface area contributed by atoms with Gasteiger partial charge in [0.1, 0.15) is 5.82 Å². The van der Waals surface area contributed by atoms with E-state index >= 15 is 4.39 Å². The third-order valence-corrected chi connectivity index (χ3v) is 5.94. The Kier molecular flexibility index (Phi) is 5.02. The number of hydrogen-bond donors (Lipinski definition) is 0. The van der Waals surface area contributed by atoms with Gasteiger partial charge in [0.15, 0.2) is 0 Å². The molecular formula is C22H29BFO2-. The zero-order valence-electron chi connectivity index (χ0n) is 16.5. The van der Waals surface area contributed by atoms with Crippen LogP contribution in [0.25, 0.3) is 11.1 Å². The van der Waals surface area contributed by atoms with Crippen LogP contribution in [-0.4, -0.2) is 17.8 Å². The monoisotopic (exact) mass is 355 g/mol.